The van der Waals surface area contributed by atoms with E-state index in [-0.39, 0.29) is 11.3 Å². The van der Waals surface area contributed by atoms with Crippen LogP contribution in [0.5, 0.6) is 0 Å². The van der Waals surface area contributed by atoms with E-state index in [2.05, 4.69) is 4.98 Å². The Labute approximate surface area is 95.7 Å². The highest BCUT2D eigenvalue weighted by Crippen LogP contribution is 2.20. The minimum absolute atomic E-state index is 0.195. The number of halogens is 1. The molecule has 0 aliphatic heterocycles. The molecular formula is C11H9FN2OS. The van der Waals surface area contributed by atoms with Crippen molar-refractivity contribution in [1.82, 2.24) is 4.98 Å². The first kappa shape index (κ1) is 10.9. The fraction of sp³-hybridized carbons (Fsp3) is 0.0909. The zero-order valence-electron chi connectivity index (χ0n) is 8.26. The minimum Gasteiger partial charge on any atom is -0.317 e. The molecule has 3 nitrogen and oxygen atoms in total. The smallest absolute Gasteiger partial charge is 0.186 e. The topological polar surface area (TPSA) is 56.0 Å². The number of nitrogens with zero attached hydrogens (tertiary/aromatic N) is 1. The van der Waals surface area contributed by atoms with Crippen LogP contribution in [0, 0.1) is 5.82 Å². The molecule has 2 rings (SSSR count). The van der Waals surface area contributed by atoms with Gasteiger partial charge in [0.15, 0.2) is 5.78 Å². The molecular weight excluding hydrogens is 227 g/mol. The number of Topliss-reactive ketones (excluding diaryl/α,β-unsaturated/α-hetero) is 1. The lowest BCUT2D eigenvalue weighted by Gasteiger charge is -2.07. The maximum atomic E-state index is 12.9. The van der Waals surface area contributed by atoms with E-state index in [1.54, 1.807) is 6.07 Å². The Morgan fingerprint density at radius 3 is 2.94 bits per heavy atom. The standard InChI is InChI=1S/C11H9FN2OS/c12-8-4-7(5-14-6-8)11(15)10(13)9-2-1-3-16-9/h1-6,10H,13H2. The van der Waals surface area contributed by atoms with Crippen LogP contribution >= 0.6 is 11.3 Å². The Hall–Kier alpha value is -1.59. The van der Waals surface area contributed by atoms with Crippen LogP contribution in [0.15, 0.2) is 36.0 Å². The molecule has 0 bridgehead atoms. The summed E-state index contributed by atoms with van der Waals surface area (Å²) in [6, 6.07) is 3.99. The second-order valence-corrected chi connectivity index (χ2v) is 4.23. The maximum Gasteiger partial charge on any atom is 0.186 e. The molecule has 2 heterocycles. The van der Waals surface area contributed by atoms with Crippen LogP contribution in [0.25, 0.3) is 0 Å². The second-order valence-electron chi connectivity index (χ2n) is 3.25. The average molecular weight is 236 g/mol. The summed E-state index contributed by atoms with van der Waals surface area (Å²) < 4.78 is 12.9. The highest BCUT2D eigenvalue weighted by Gasteiger charge is 2.19. The van der Waals surface area contributed by atoms with Gasteiger partial charge >= 0.3 is 0 Å². The van der Waals surface area contributed by atoms with Gasteiger partial charge in [0.25, 0.3) is 0 Å². The average Bonchev–Trinajstić information content (AvgIpc) is 2.80. The summed E-state index contributed by atoms with van der Waals surface area (Å²) in [4.78, 5) is 16.2. The number of aromatic nitrogens is 1. The molecule has 2 N–H and O–H groups in total. The van der Waals surface area contributed by atoms with Crippen molar-refractivity contribution >= 4 is 17.1 Å². The van der Waals surface area contributed by atoms with E-state index in [0.717, 1.165) is 17.1 Å². The zero-order valence-corrected chi connectivity index (χ0v) is 9.08. The summed E-state index contributed by atoms with van der Waals surface area (Å²) in [6.45, 7) is 0. The molecule has 5 heteroatoms. The number of nitrogens with two attached hydrogens (primary N) is 1. The van der Waals surface area contributed by atoms with Crippen LogP contribution in [0.2, 0.25) is 0 Å². The summed E-state index contributed by atoms with van der Waals surface area (Å²) in [5.74, 6) is -0.862. The third kappa shape index (κ3) is 2.15. The first-order valence-corrected chi connectivity index (χ1v) is 5.50. The van der Waals surface area contributed by atoms with Gasteiger partial charge in [0, 0.05) is 16.6 Å². The van der Waals surface area contributed by atoms with Gasteiger partial charge in [-0.25, -0.2) is 4.39 Å². The summed E-state index contributed by atoms with van der Waals surface area (Å²) in [5, 5.41) is 1.84. The second kappa shape index (κ2) is 4.51. The van der Waals surface area contributed by atoms with Gasteiger partial charge < -0.3 is 5.73 Å². The molecule has 1 unspecified atom stereocenters. The van der Waals surface area contributed by atoms with Crippen molar-refractivity contribution in [2.75, 3.05) is 0 Å². The van der Waals surface area contributed by atoms with E-state index >= 15 is 0 Å². The predicted octanol–water partition coefficient (Wildman–Crippen LogP) is 2.16. The van der Waals surface area contributed by atoms with Crippen LogP contribution in [-0.2, 0) is 0 Å². The molecule has 0 saturated carbocycles. The Morgan fingerprint density at radius 2 is 2.31 bits per heavy atom. The van der Waals surface area contributed by atoms with Gasteiger partial charge in [-0.1, -0.05) is 6.07 Å². The lowest BCUT2D eigenvalue weighted by atomic mass is 10.1. The number of pyridine rings is 1. The Kier molecular flexibility index (Phi) is 3.07. The van der Waals surface area contributed by atoms with Crippen molar-refractivity contribution in [3.8, 4) is 0 Å². The van der Waals surface area contributed by atoms with E-state index in [0.29, 0.717) is 0 Å². The maximum absolute atomic E-state index is 12.9. The van der Waals surface area contributed by atoms with Crippen LogP contribution in [0.3, 0.4) is 0 Å². The van der Waals surface area contributed by atoms with Crippen molar-refractivity contribution in [2.24, 2.45) is 5.73 Å². The fourth-order valence-electron chi connectivity index (χ4n) is 1.32. The van der Waals surface area contributed by atoms with Crippen molar-refractivity contribution < 1.29 is 9.18 Å². The first-order valence-electron chi connectivity index (χ1n) is 4.62. The Bertz CT molecular complexity index is 498. The van der Waals surface area contributed by atoms with E-state index < -0.39 is 11.9 Å². The molecule has 0 aromatic carbocycles. The lowest BCUT2D eigenvalue weighted by molar-refractivity contribution is 0.0962. The molecule has 2 aromatic rings. The number of hydrogen-bond donors (Lipinski definition) is 1. The molecule has 0 fully saturated rings. The molecule has 0 radical (unpaired) electrons. The molecule has 2 aromatic heterocycles. The molecule has 0 aliphatic carbocycles. The number of ketones is 1. The summed E-state index contributed by atoms with van der Waals surface area (Å²) in [6.07, 6.45) is 2.37. The number of hydrogen-bond acceptors (Lipinski definition) is 4. The van der Waals surface area contributed by atoms with Gasteiger partial charge in [-0.2, -0.15) is 0 Å². The van der Waals surface area contributed by atoms with Crippen LogP contribution in [0.1, 0.15) is 21.3 Å². The predicted molar refractivity (Wildman–Crippen MR) is 59.8 cm³/mol. The lowest BCUT2D eigenvalue weighted by Crippen LogP contribution is -2.20. The van der Waals surface area contributed by atoms with Crippen molar-refractivity contribution in [3.63, 3.8) is 0 Å². The minimum atomic E-state index is -0.747. The highest BCUT2D eigenvalue weighted by atomic mass is 32.1. The van der Waals surface area contributed by atoms with Gasteiger partial charge in [-0.05, 0) is 17.5 Å². The number of rotatable bonds is 3. The van der Waals surface area contributed by atoms with E-state index in [9.17, 15) is 9.18 Å². The van der Waals surface area contributed by atoms with E-state index in [1.165, 1.54) is 17.5 Å². The third-order valence-electron chi connectivity index (χ3n) is 2.12. The molecule has 0 spiro atoms. The number of carbonyl (C=O) groups is 1. The summed E-state index contributed by atoms with van der Waals surface area (Å²) in [5.41, 5.74) is 5.97. The van der Waals surface area contributed by atoms with Gasteiger partial charge in [0.05, 0.1) is 6.20 Å². The van der Waals surface area contributed by atoms with Gasteiger partial charge in [-0.15, -0.1) is 11.3 Å². The molecule has 1 atom stereocenters. The molecule has 82 valence electrons. The molecule has 16 heavy (non-hydrogen) atoms. The third-order valence-corrected chi connectivity index (χ3v) is 3.08. The van der Waals surface area contributed by atoms with Gasteiger partial charge in [0.2, 0.25) is 0 Å². The number of thiophene rings is 1. The first-order chi connectivity index (χ1) is 7.68. The molecule has 0 aliphatic rings. The van der Waals surface area contributed by atoms with Crippen LogP contribution in [0.4, 0.5) is 4.39 Å². The Balaban J connectivity index is 2.26. The normalized spacial score (nSPS) is 12.4. The van der Waals surface area contributed by atoms with E-state index in [4.69, 9.17) is 5.73 Å². The van der Waals surface area contributed by atoms with Gasteiger partial charge in [-0.3, -0.25) is 9.78 Å². The quantitative estimate of drug-likeness (QED) is 0.831. The largest absolute Gasteiger partial charge is 0.317 e. The SMILES string of the molecule is NC(C(=O)c1cncc(F)c1)c1cccs1. The summed E-state index contributed by atoms with van der Waals surface area (Å²) in [7, 11) is 0. The highest BCUT2D eigenvalue weighted by molar-refractivity contribution is 7.10. The number of carbonyl (C=O) groups excluding carboxylic acids is 1. The van der Waals surface area contributed by atoms with Crippen molar-refractivity contribution in [2.45, 2.75) is 6.04 Å². The van der Waals surface area contributed by atoms with Gasteiger partial charge in [0.1, 0.15) is 11.9 Å². The summed E-state index contributed by atoms with van der Waals surface area (Å²) >= 11 is 1.40. The van der Waals surface area contributed by atoms with Crippen LogP contribution < -0.4 is 5.73 Å². The van der Waals surface area contributed by atoms with Crippen molar-refractivity contribution in [1.29, 1.82) is 0 Å². The van der Waals surface area contributed by atoms with Crippen LogP contribution in [-0.4, -0.2) is 10.8 Å². The van der Waals surface area contributed by atoms with E-state index in [1.807, 2.05) is 11.4 Å². The monoisotopic (exact) mass is 236 g/mol. The zero-order chi connectivity index (χ0) is 11.5. The van der Waals surface area contributed by atoms with Crippen molar-refractivity contribution in [3.05, 3.63) is 52.2 Å². The molecule has 0 saturated heterocycles. The molecule has 0 amide bonds. The fourth-order valence-corrected chi connectivity index (χ4v) is 2.05. The Morgan fingerprint density at radius 1 is 1.50 bits per heavy atom.